The molecule has 0 spiro atoms. The fraction of sp³-hybridized carbons (Fsp3) is 0.364. The lowest BCUT2D eigenvalue weighted by Gasteiger charge is -2.32. The highest BCUT2D eigenvalue weighted by molar-refractivity contribution is 5.94. The summed E-state index contributed by atoms with van der Waals surface area (Å²) in [5.74, 6) is 1.63. The number of hydrogen-bond donors (Lipinski definition) is 0. The summed E-state index contributed by atoms with van der Waals surface area (Å²) < 4.78 is 5.19. The Balaban J connectivity index is 1.47. The molecular formula is C22H24N2O2. The van der Waals surface area contributed by atoms with Crippen molar-refractivity contribution in [1.29, 1.82) is 5.26 Å². The maximum atomic E-state index is 12.6. The van der Waals surface area contributed by atoms with Crippen molar-refractivity contribution in [2.75, 3.05) is 20.2 Å². The molecule has 1 fully saturated rings. The van der Waals surface area contributed by atoms with Crippen molar-refractivity contribution in [1.82, 2.24) is 4.90 Å². The number of piperidine rings is 1. The third kappa shape index (κ3) is 4.43. The number of nitrogens with zero attached hydrogens (tertiary/aromatic N) is 2. The molecule has 0 bridgehead atoms. The van der Waals surface area contributed by atoms with Crippen LogP contribution in [0.25, 0.3) is 0 Å². The minimum absolute atomic E-state index is 0.0723. The van der Waals surface area contributed by atoms with E-state index in [0.717, 1.165) is 44.5 Å². The standard InChI is InChI=1S/C22H24N2O2/c1-26-21-10-6-17(7-11-21)2-3-18-12-14-24(15-13-18)22(25)20-8-4-19(16-23)5-9-20/h4-11,18H,2-3,12-15H2,1H3. The van der Waals surface area contributed by atoms with E-state index in [0.29, 0.717) is 17.0 Å². The summed E-state index contributed by atoms with van der Waals surface area (Å²) in [6.45, 7) is 1.62. The normalized spacial score (nSPS) is 14.7. The fourth-order valence-corrected chi connectivity index (χ4v) is 3.46. The molecule has 1 aliphatic heterocycles. The monoisotopic (exact) mass is 348 g/mol. The summed E-state index contributed by atoms with van der Waals surface area (Å²) in [6, 6.07) is 17.3. The molecule has 2 aromatic carbocycles. The zero-order valence-electron chi connectivity index (χ0n) is 15.1. The molecule has 1 amide bonds. The van der Waals surface area contributed by atoms with Crippen LogP contribution in [0, 0.1) is 17.2 Å². The van der Waals surface area contributed by atoms with Gasteiger partial charge in [0, 0.05) is 18.7 Å². The van der Waals surface area contributed by atoms with E-state index in [4.69, 9.17) is 10.00 Å². The van der Waals surface area contributed by atoms with E-state index in [9.17, 15) is 4.79 Å². The second kappa shape index (κ2) is 8.53. The second-order valence-electron chi connectivity index (χ2n) is 6.81. The maximum absolute atomic E-state index is 12.6. The molecule has 4 nitrogen and oxygen atoms in total. The number of hydrogen-bond acceptors (Lipinski definition) is 3. The summed E-state index contributed by atoms with van der Waals surface area (Å²) in [5, 5.41) is 8.85. The lowest BCUT2D eigenvalue weighted by Crippen LogP contribution is -2.38. The van der Waals surface area contributed by atoms with Crippen molar-refractivity contribution >= 4 is 5.91 Å². The molecule has 0 atom stereocenters. The smallest absolute Gasteiger partial charge is 0.253 e. The van der Waals surface area contributed by atoms with Gasteiger partial charge in [-0.1, -0.05) is 12.1 Å². The number of likely N-dealkylation sites (tertiary alicyclic amines) is 1. The Kier molecular flexibility index (Phi) is 5.91. The summed E-state index contributed by atoms with van der Waals surface area (Å²) in [4.78, 5) is 14.5. The summed E-state index contributed by atoms with van der Waals surface area (Å²) >= 11 is 0. The first-order valence-electron chi connectivity index (χ1n) is 9.12. The third-order valence-corrected chi connectivity index (χ3v) is 5.16. The minimum Gasteiger partial charge on any atom is -0.497 e. The molecule has 4 heteroatoms. The van der Waals surface area contributed by atoms with Gasteiger partial charge in [-0.3, -0.25) is 4.79 Å². The molecule has 1 heterocycles. The van der Waals surface area contributed by atoms with Crippen LogP contribution in [-0.4, -0.2) is 31.0 Å². The number of amides is 1. The van der Waals surface area contributed by atoms with Crippen LogP contribution in [0.5, 0.6) is 5.75 Å². The van der Waals surface area contributed by atoms with Crippen LogP contribution in [0.1, 0.15) is 40.7 Å². The number of benzene rings is 2. The molecule has 3 rings (SSSR count). The van der Waals surface area contributed by atoms with Gasteiger partial charge in [0.05, 0.1) is 18.7 Å². The first-order valence-corrected chi connectivity index (χ1v) is 9.12. The number of rotatable bonds is 5. The quantitative estimate of drug-likeness (QED) is 0.819. The molecule has 1 saturated heterocycles. The number of nitriles is 1. The number of ether oxygens (including phenoxy) is 1. The van der Waals surface area contributed by atoms with Crippen molar-refractivity contribution in [2.24, 2.45) is 5.92 Å². The van der Waals surface area contributed by atoms with Crippen LogP contribution in [0.2, 0.25) is 0 Å². The Morgan fingerprint density at radius 3 is 2.35 bits per heavy atom. The van der Waals surface area contributed by atoms with Crippen LogP contribution >= 0.6 is 0 Å². The maximum Gasteiger partial charge on any atom is 0.253 e. The minimum atomic E-state index is 0.0723. The third-order valence-electron chi connectivity index (χ3n) is 5.16. The van der Waals surface area contributed by atoms with Gasteiger partial charge in [0.1, 0.15) is 5.75 Å². The van der Waals surface area contributed by atoms with Gasteiger partial charge < -0.3 is 9.64 Å². The molecule has 0 saturated carbocycles. The van der Waals surface area contributed by atoms with Gasteiger partial charge in [0.15, 0.2) is 0 Å². The van der Waals surface area contributed by atoms with Gasteiger partial charge in [0.25, 0.3) is 5.91 Å². The zero-order chi connectivity index (χ0) is 18.4. The average Bonchev–Trinajstić information content (AvgIpc) is 2.72. The van der Waals surface area contributed by atoms with Crippen LogP contribution in [0.3, 0.4) is 0 Å². The van der Waals surface area contributed by atoms with E-state index >= 15 is 0 Å². The molecule has 0 radical (unpaired) electrons. The molecule has 0 aliphatic carbocycles. The molecule has 26 heavy (non-hydrogen) atoms. The van der Waals surface area contributed by atoms with Crippen LogP contribution in [0.15, 0.2) is 48.5 Å². The Morgan fingerprint density at radius 1 is 1.12 bits per heavy atom. The SMILES string of the molecule is COc1ccc(CCC2CCN(C(=O)c3ccc(C#N)cc3)CC2)cc1. The Hall–Kier alpha value is -2.80. The zero-order valence-corrected chi connectivity index (χ0v) is 15.1. The highest BCUT2D eigenvalue weighted by atomic mass is 16.5. The number of aryl methyl sites for hydroxylation is 1. The number of carbonyl (C=O) groups is 1. The molecule has 1 aliphatic rings. The van der Waals surface area contributed by atoms with Gasteiger partial charge >= 0.3 is 0 Å². The van der Waals surface area contributed by atoms with Crippen molar-refractivity contribution in [3.63, 3.8) is 0 Å². The molecule has 2 aromatic rings. The predicted octanol–water partition coefficient (Wildman–Crippen LogP) is 4.05. The van der Waals surface area contributed by atoms with Gasteiger partial charge in [-0.2, -0.15) is 5.26 Å². The van der Waals surface area contributed by atoms with Crippen LogP contribution in [-0.2, 0) is 6.42 Å². The van der Waals surface area contributed by atoms with Crippen molar-refractivity contribution in [3.8, 4) is 11.8 Å². The van der Waals surface area contributed by atoms with E-state index in [-0.39, 0.29) is 5.91 Å². The molecule has 0 aromatic heterocycles. The van der Waals surface area contributed by atoms with E-state index in [1.807, 2.05) is 17.0 Å². The Bertz CT molecular complexity index is 767. The molecule has 0 unspecified atom stereocenters. The summed E-state index contributed by atoms with van der Waals surface area (Å²) in [7, 11) is 1.68. The van der Waals surface area contributed by atoms with Crippen molar-refractivity contribution < 1.29 is 9.53 Å². The van der Waals surface area contributed by atoms with E-state index in [1.165, 1.54) is 5.56 Å². The van der Waals surface area contributed by atoms with Crippen molar-refractivity contribution in [3.05, 3.63) is 65.2 Å². The first kappa shape index (κ1) is 18.0. The topological polar surface area (TPSA) is 53.3 Å². The molecule has 134 valence electrons. The summed E-state index contributed by atoms with van der Waals surface area (Å²) in [5.41, 5.74) is 2.58. The highest BCUT2D eigenvalue weighted by Gasteiger charge is 2.23. The van der Waals surface area contributed by atoms with Gasteiger partial charge in [-0.05, 0) is 73.6 Å². The fourth-order valence-electron chi connectivity index (χ4n) is 3.46. The molecular weight excluding hydrogens is 324 g/mol. The lowest BCUT2D eigenvalue weighted by molar-refractivity contribution is 0.0687. The average molecular weight is 348 g/mol. The highest BCUT2D eigenvalue weighted by Crippen LogP contribution is 2.24. The predicted molar refractivity (Wildman–Crippen MR) is 101 cm³/mol. The summed E-state index contributed by atoms with van der Waals surface area (Å²) in [6.07, 6.45) is 4.33. The van der Waals surface area contributed by atoms with Gasteiger partial charge in [-0.25, -0.2) is 0 Å². The van der Waals surface area contributed by atoms with Crippen molar-refractivity contribution in [2.45, 2.75) is 25.7 Å². The lowest BCUT2D eigenvalue weighted by atomic mass is 9.90. The Labute approximate surface area is 155 Å². The number of methoxy groups -OCH3 is 1. The van der Waals surface area contributed by atoms with Crippen LogP contribution in [0.4, 0.5) is 0 Å². The second-order valence-corrected chi connectivity index (χ2v) is 6.81. The first-order chi connectivity index (χ1) is 12.7. The molecule has 0 N–H and O–H groups in total. The van der Waals surface area contributed by atoms with E-state index in [2.05, 4.69) is 18.2 Å². The largest absolute Gasteiger partial charge is 0.497 e. The van der Waals surface area contributed by atoms with Gasteiger partial charge in [-0.15, -0.1) is 0 Å². The Morgan fingerprint density at radius 2 is 1.77 bits per heavy atom. The number of carbonyl (C=O) groups excluding carboxylic acids is 1. The van der Waals surface area contributed by atoms with Gasteiger partial charge in [0.2, 0.25) is 0 Å². The van der Waals surface area contributed by atoms with E-state index < -0.39 is 0 Å². The van der Waals surface area contributed by atoms with E-state index in [1.54, 1.807) is 31.4 Å². The van der Waals surface area contributed by atoms with Crippen LogP contribution < -0.4 is 4.74 Å².